The molecule has 0 saturated carbocycles. The molecule has 8 heteroatoms. The Bertz CT molecular complexity index is 1380. The van der Waals surface area contributed by atoms with E-state index in [0.717, 1.165) is 17.0 Å². The maximum absolute atomic E-state index is 12.4. The van der Waals surface area contributed by atoms with Crippen molar-refractivity contribution in [1.82, 2.24) is 19.8 Å². The highest BCUT2D eigenvalue weighted by Crippen LogP contribution is 2.24. The molecule has 0 unspecified atom stereocenters. The zero-order valence-corrected chi connectivity index (χ0v) is 17.5. The smallest absolute Gasteiger partial charge is 0.262 e. The molecule has 1 N–H and O–H groups in total. The van der Waals surface area contributed by atoms with Crippen LogP contribution in [0.5, 0.6) is 17.2 Å². The SMILES string of the molecule is O=C(COc1ccc(Oc2ccccc2)cc1)Nc1cccc(-c2ccc3nncn3n2)c1. The summed E-state index contributed by atoms with van der Waals surface area (Å²) in [4.78, 5) is 12.4. The Hall–Kier alpha value is -4.72. The van der Waals surface area contributed by atoms with Crippen LogP contribution < -0.4 is 14.8 Å². The van der Waals surface area contributed by atoms with Crippen LogP contribution in [0.25, 0.3) is 16.9 Å². The second-order valence-electron chi connectivity index (χ2n) is 7.16. The van der Waals surface area contributed by atoms with E-state index in [9.17, 15) is 4.79 Å². The summed E-state index contributed by atoms with van der Waals surface area (Å²) >= 11 is 0. The van der Waals surface area contributed by atoms with Crippen LogP contribution in [0, 0.1) is 0 Å². The molecule has 1 amide bonds. The number of carbonyl (C=O) groups excluding carboxylic acids is 1. The number of aromatic nitrogens is 4. The second kappa shape index (κ2) is 9.19. The Balaban J connectivity index is 1.18. The number of fused-ring (bicyclic) bond motifs is 1. The fraction of sp³-hybridized carbons (Fsp3) is 0.0400. The van der Waals surface area contributed by atoms with Gasteiger partial charge in [-0.25, -0.2) is 0 Å². The summed E-state index contributed by atoms with van der Waals surface area (Å²) < 4.78 is 13.0. The highest BCUT2D eigenvalue weighted by molar-refractivity contribution is 5.92. The van der Waals surface area contributed by atoms with Gasteiger partial charge in [-0.05, 0) is 60.7 Å². The number of rotatable bonds is 7. The molecule has 0 saturated heterocycles. The van der Waals surface area contributed by atoms with E-state index in [1.165, 1.54) is 0 Å². The first kappa shape index (κ1) is 20.2. The zero-order chi connectivity index (χ0) is 22.5. The number of nitrogens with one attached hydrogen (secondary N) is 1. The van der Waals surface area contributed by atoms with Gasteiger partial charge in [0.2, 0.25) is 0 Å². The summed E-state index contributed by atoms with van der Waals surface area (Å²) in [5.74, 6) is 1.75. The Morgan fingerprint density at radius 2 is 1.64 bits per heavy atom. The van der Waals surface area contributed by atoms with Crippen LogP contribution in [0.2, 0.25) is 0 Å². The quantitative estimate of drug-likeness (QED) is 0.400. The monoisotopic (exact) mass is 437 g/mol. The molecule has 2 heterocycles. The average molecular weight is 437 g/mol. The van der Waals surface area contributed by atoms with Gasteiger partial charge >= 0.3 is 0 Å². The third-order valence-electron chi connectivity index (χ3n) is 4.78. The number of para-hydroxylation sites is 1. The molecule has 0 aliphatic heterocycles. The number of nitrogens with zero attached hydrogens (tertiary/aromatic N) is 4. The van der Waals surface area contributed by atoms with Crippen LogP contribution in [-0.2, 0) is 4.79 Å². The van der Waals surface area contributed by atoms with Gasteiger partial charge in [-0.1, -0.05) is 30.3 Å². The van der Waals surface area contributed by atoms with E-state index in [4.69, 9.17) is 9.47 Å². The lowest BCUT2D eigenvalue weighted by atomic mass is 10.1. The van der Waals surface area contributed by atoms with Gasteiger partial charge in [0.15, 0.2) is 12.3 Å². The number of benzene rings is 3. The highest BCUT2D eigenvalue weighted by Gasteiger charge is 2.07. The molecular formula is C25H19N5O3. The van der Waals surface area contributed by atoms with E-state index in [2.05, 4.69) is 20.6 Å². The third-order valence-corrected chi connectivity index (χ3v) is 4.78. The molecule has 0 atom stereocenters. The van der Waals surface area contributed by atoms with E-state index in [0.29, 0.717) is 22.8 Å². The van der Waals surface area contributed by atoms with Gasteiger partial charge in [-0.2, -0.15) is 9.61 Å². The average Bonchev–Trinajstić information content (AvgIpc) is 3.32. The Kier molecular flexibility index (Phi) is 5.62. The van der Waals surface area contributed by atoms with Crippen molar-refractivity contribution < 1.29 is 14.3 Å². The minimum Gasteiger partial charge on any atom is -0.484 e. The van der Waals surface area contributed by atoms with Gasteiger partial charge in [0, 0.05) is 11.3 Å². The first-order valence-corrected chi connectivity index (χ1v) is 10.3. The van der Waals surface area contributed by atoms with Crippen LogP contribution in [0.3, 0.4) is 0 Å². The van der Waals surface area contributed by atoms with E-state index in [1.54, 1.807) is 35.1 Å². The summed E-state index contributed by atoms with van der Waals surface area (Å²) in [6.07, 6.45) is 1.54. The number of ether oxygens (including phenoxy) is 2. The Morgan fingerprint density at radius 3 is 2.48 bits per heavy atom. The number of anilines is 1. The lowest BCUT2D eigenvalue weighted by Gasteiger charge is -2.10. The lowest BCUT2D eigenvalue weighted by molar-refractivity contribution is -0.118. The molecule has 162 valence electrons. The van der Waals surface area contributed by atoms with E-state index < -0.39 is 0 Å². The molecule has 5 rings (SSSR count). The van der Waals surface area contributed by atoms with Gasteiger partial charge < -0.3 is 14.8 Å². The molecule has 0 radical (unpaired) electrons. The molecule has 3 aromatic carbocycles. The van der Waals surface area contributed by atoms with Crippen molar-refractivity contribution in [2.24, 2.45) is 0 Å². The molecule has 8 nitrogen and oxygen atoms in total. The maximum atomic E-state index is 12.4. The maximum Gasteiger partial charge on any atom is 0.262 e. The van der Waals surface area contributed by atoms with Crippen LogP contribution in [0.1, 0.15) is 0 Å². The Morgan fingerprint density at radius 1 is 0.848 bits per heavy atom. The fourth-order valence-corrected chi connectivity index (χ4v) is 3.21. The fourth-order valence-electron chi connectivity index (χ4n) is 3.21. The van der Waals surface area contributed by atoms with Crippen LogP contribution in [0.4, 0.5) is 5.69 Å². The lowest BCUT2D eigenvalue weighted by Crippen LogP contribution is -2.20. The first-order valence-electron chi connectivity index (χ1n) is 10.3. The van der Waals surface area contributed by atoms with Crippen molar-refractivity contribution in [3.8, 4) is 28.5 Å². The van der Waals surface area contributed by atoms with Gasteiger partial charge in [0.25, 0.3) is 5.91 Å². The number of carbonyl (C=O) groups is 1. The molecule has 33 heavy (non-hydrogen) atoms. The predicted molar refractivity (Wildman–Crippen MR) is 123 cm³/mol. The van der Waals surface area contributed by atoms with E-state index >= 15 is 0 Å². The van der Waals surface area contributed by atoms with Crippen LogP contribution in [-0.4, -0.2) is 32.3 Å². The molecule has 0 aliphatic rings. The summed E-state index contributed by atoms with van der Waals surface area (Å²) in [5, 5.41) is 15.1. The minimum atomic E-state index is -0.265. The van der Waals surface area contributed by atoms with Crippen molar-refractivity contribution in [3.63, 3.8) is 0 Å². The Labute approximate surface area is 189 Å². The van der Waals surface area contributed by atoms with Gasteiger partial charge in [-0.15, -0.1) is 10.2 Å². The molecule has 2 aromatic heterocycles. The predicted octanol–water partition coefficient (Wildman–Crippen LogP) is 4.60. The van der Waals surface area contributed by atoms with Gasteiger partial charge in [0.05, 0.1) is 5.69 Å². The summed E-state index contributed by atoms with van der Waals surface area (Å²) in [7, 11) is 0. The highest BCUT2D eigenvalue weighted by atomic mass is 16.5. The molecule has 0 spiro atoms. The first-order chi connectivity index (χ1) is 16.2. The van der Waals surface area contributed by atoms with E-state index in [1.807, 2.05) is 66.7 Å². The minimum absolute atomic E-state index is 0.117. The van der Waals surface area contributed by atoms with E-state index in [-0.39, 0.29) is 12.5 Å². The number of hydrogen-bond donors (Lipinski definition) is 1. The van der Waals surface area contributed by atoms with Gasteiger partial charge in [-0.3, -0.25) is 4.79 Å². The third kappa shape index (κ3) is 4.96. The van der Waals surface area contributed by atoms with Crippen LogP contribution in [0.15, 0.2) is 97.3 Å². The molecule has 0 fully saturated rings. The van der Waals surface area contributed by atoms with Crippen molar-refractivity contribution in [2.45, 2.75) is 0 Å². The summed E-state index contributed by atoms with van der Waals surface area (Å²) in [5.41, 5.74) is 2.92. The summed E-state index contributed by atoms with van der Waals surface area (Å²) in [6.45, 7) is -0.117. The molecule has 5 aromatic rings. The number of amides is 1. The van der Waals surface area contributed by atoms with Crippen molar-refractivity contribution in [1.29, 1.82) is 0 Å². The molecule has 0 aliphatic carbocycles. The van der Waals surface area contributed by atoms with Crippen molar-refractivity contribution in [3.05, 3.63) is 97.3 Å². The topological polar surface area (TPSA) is 90.6 Å². The van der Waals surface area contributed by atoms with Gasteiger partial charge in [0.1, 0.15) is 23.6 Å². The zero-order valence-electron chi connectivity index (χ0n) is 17.5. The van der Waals surface area contributed by atoms with Crippen molar-refractivity contribution >= 4 is 17.2 Å². The standard InChI is InChI=1S/C25H19N5O3/c31-25(16-32-20-9-11-22(12-10-20)33-21-7-2-1-3-8-21)27-19-6-4-5-18(15-19)23-13-14-24-28-26-17-30(24)29-23/h1-15,17H,16H2,(H,27,31). The van der Waals surface area contributed by atoms with Crippen LogP contribution >= 0.6 is 0 Å². The molecule has 0 bridgehead atoms. The summed E-state index contributed by atoms with van der Waals surface area (Å²) in [6, 6.07) is 27.8. The number of hydrogen-bond acceptors (Lipinski definition) is 6. The normalized spacial score (nSPS) is 10.7. The largest absolute Gasteiger partial charge is 0.484 e. The second-order valence-corrected chi connectivity index (χ2v) is 7.16. The molecular weight excluding hydrogens is 418 g/mol. The van der Waals surface area contributed by atoms with Crippen molar-refractivity contribution in [2.75, 3.05) is 11.9 Å².